The quantitative estimate of drug-likeness (QED) is 0.603. The fourth-order valence-electron chi connectivity index (χ4n) is 3.54. The normalized spacial score (nSPS) is 12.2. The van der Waals surface area contributed by atoms with Gasteiger partial charge in [-0.25, -0.2) is 0 Å². The molecule has 0 unspecified atom stereocenters. The second-order valence-corrected chi connectivity index (χ2v) is 8.46. The van der Waals surface area contributed by atoms with Crippen molar-refractivity contribution in [1.82, 2.24) is 5.32 Å². The van der Waals surface area contributed by atoms with E-state index in [4.69, 9.17) is 4.74 Å². The van der Waals surface area contributed by atoms with E-state index in [1.807, 2.05) is 60.7 Å². The first-order valence-electron chi connectivity index (χ1n) is 10.3. The van der Waals surface area contributed by atoms with Crippen molar-refractivity contribution in [3.63, 3.8) is 0 Å². The predicted molar refractivity (Wildman–Crippen MR) is 116 cm³/mol. The highest BCUT2D eigenvalue weighted by molar-refractivity contribution is 5.92. The van der Waals surface area contributed by atoms with E-state index in [9.17, 15) is 4.79 Å². The lowest BCUT2D eigenvalue weighted by molar-refractivity contribution is -0.125. The summed E-state index contributed by atoms with van der Waals surface area (Å²) >= 11 is 0. The Morgan fingerprint density at radius 3 is 1.89 bits per heavy atom. The molecule has 28 heavy (non-hydrogen) atoms. The van der Waals surface area contributed by atoms with Gasteiger partial charge in [-0.1, -0.05) is 81.4 Å². The molecular formula is C25H35NO2. The Bertz CT molecular complexity index is 683. The largest absolute Gasteiger partial charge is 0.375 e. The lowest BCUT2D eigenvalue weighted by Gasteiger charge is -2.33. The molecule has 0 fully saturated rings. The highest BCUT2D eigenvalue weighted by Gasteiger charge is 2.40. The van der Waals surface area contributed by atoms with Crippen molar-refractivity contribution in [3.8, 4) is 0 Å². The zero-order valence-electron chi connectivity index (χ0n) is 18.0. The summed E-state index contributed by atoms with van der Waals surface area (Å²) in [7, 11) is 0. The number of ether oxygens (including phenoxy) is 1. The third-order valence-electron chi connectivity index (χ3n) is 5.27. The Morgan fingerprint density at radius 2 is 1.46 bits per heavy atom. The van der Waals surface area contributed by atoms with Gasteiger partial charge in [0.05, 0.1) is 11.0 Å². The number of nitrogens with one attached hydrogen (secondary N) is 1. The zero-order valence-corrected chi connectivity index (χ0v) is 18.0. The number of benzene rings is 2. The summed E-state index contributed by atoms with van der Waals surface area (Å²) in [4.78, 5) is 13.5. The molecule has 2 aromatic rings. The van der Waals surface area contributed by atoms with E-state index < -0.39 is 5.41 Å². The van der Waals surface area contributed by atoms with Crippen molar-refractivity contribution in [3.05, 3.63) is 71.8 Å². The van der Waals surface area contributed by atoms with Gasteiger partial charge in [-0.2, -0.15) is 0 Å². The molecule has 1 amide bonds. The molecule has 3 nitrogen and oxygen atoms in total. The van der Waals surface area contributed by atoms with Gasteiger partial charge < -0.3 is 10.1 Å². The van der Waals surface area contributed by atoms with Gasteiger partial charge in [0.15, 0.2) is 0 Å². The SMILES string of the molecule is CCC(C(=O)NCCC(C)(C)OCC(C)C)(c1ccccc1)c1ccccc1. The van der Waals surface area contributed by atoms with Crippen molar-refractivity contribution in [2.75, 3.05) is 13.2 Å². The van der Waals surface area contributed by atoms with Crippen LogP contribution in [0.5, 0.6) is 0 Å². The van der Waals surface area contributed by atoms with Crippen LogP contribution >= 0.6 is 0 Å². The van der Waals surface area contributed by atoms with E-state index >= 15 is 0 Å². The summed E-state index contributed by atoms with van der Waals surface area (Å²) in [6.45, 7) is 11.9. The Morgan fingerprint density at radius 1 is 0.964 bits per heavy atom. The summed E-state index contributed by atoms with van der Waals surface area (Å²) in [5, 5.41) is 3.20. The Kier molecular flexibility index (Phi) is 7.82. The first-order chi connectivity index (χ1) is 13.3. The van der Waals surface area contributed by atoms with Crippen LogP contribution in [0, 0.1) is 5.92 Å². The highest BCUT2D eigenvalue weighted by Crippen LogP contribution is 2.36. The topological polar surface area (TPSA) is 38.3 Å². The van der Waals surface area contributed by atoms with Crippen molar-refractivity contribution >= 4 is 5.91 Å². The molecular weight excluding hydrogens is 346 g/mol. The van der Waals surface area contributed by atoms with Gasteiger partial charge in [-0.05, 0) is 43.7 Å². The van der Waals surface area contributed by atoms with Gasteiger partial charge in [-0.15, -0.1) is 0 Å². The van der Waals surface area contributed by atoms with E-state index in [-0.39, 0.29) is 11.5 Å². The van der Waals surface area contributed by atoms with Crippen LogP contribution in [0.15, 0.2) is 60.7 Å². The molecule has 0 bridgehead atoms. The Balaban J connectivity index is 2.19. The maximum Gasteiger partial charge on any atom is 0.235 e. The van der Waals surface area contributed by atoms with Crippen LogP contribution in [0.2, 0.25) is 0 Å². The summed E-state index contributed by atoms with van der Waals surface area (Å²) in [6, 6.07) is 20.2. The molecule has 3 heteroatoms. The van der Waals surface area contributed by atoms with Gasteiger partial charge in [0.1, 0.15) is 0 Å². The Labute approximate surface area is 170 Å². The van der Waals surface area contributed by atoms with E-state index in [1.54, 1.807) is 0 Å². The number of amides is 1. The van der Waals surface area contributed by atoms with Crippen molar-refractivity contribution in [2.24, 2.45) is 5.92 Å². The average molecular weight is 382 g/mol. The van der Waals surface area contributed by atoms with Gasteiger partial charge in [0.25, 0.3) is 0 Å². The second-order valence-electron chi connectivity index (χ2n) is 8.46. The van der Waals surface area contributed by atoms with Gasteiger partial charge in [-0.3, -0.25) is 4.79 Å². The summed E-state index contributed by atoms with van der Waals surface area (Å²) in [5.41, 5.74) is 1.10. The molecule has 2 aromatic carbocycles. The molecule has 0 heterocycles. The molecule has 152 valence electrons. The third-order valence-corrected chi connectivity index (χ3v) is 5.27. The van der Waals surface area contributed by atoms with Crippen LogP contribution < -0.4 is 5.32 Å². The smallest absolute Gasteiger partial charge is 0.235 e. The Hall–Kier alpha value is -2.13. The van der Waals surface area contributed by atoms with E-state index in [0.29, 0.717) is 18.9 Å². The number of carbonyl (C=O) groups excluding carboxylic acids is 1. The monoisotopic (exact) mass is 381 g/mol. The van der Waals surface area contributed by atoms with Crippen LogP contribution in [0.4, 0.5) is 0 Å². The van der Waals surface area contributed by atoms with Crippen LogP contribution in [-0.2, 0) is 14.9 Å². The van der Waals surface area contributed by atoms with E-state index in [0.717, 1.165) is 24.2 Å². The van der Waals surface area contributed by atoms with Crippen LogP contribution in [0.3, 0.4) is 0 Å². The van der Waals surface area contributed by atoms with Gasteiger partial charge >= 0.3 is 0 Å². The van der Waals surface area contributed by atoms with E-state index in [1.165, 1.54) is 0 Å². The molecule has 0 saturated carbocycles. The molecule has 1 N–H and O–H groups in total. The minimum Gasteiger partial charge on any atom is -0.375 e. The summed E-state index contributed by atoms with van der Waals surface area (Å²) < 4.78 is 6.00. The van der Waals surface area contributed by atoms with E-state index in [2.05, 4.69) is 39.9 Å². The average Bonchev–Trinajstić information content (AvgIpc) is 2.69. The van der Waals surface area contributed by atoms with Crippen molar-refractivity contribution < 1.29 is 9.53 Å². The lowest BCUT2D eigenvalue weighted by Crippen LogP contribution is -2.46. The number of hydrogen-bond acceptors (Lipinski definition) is 2. The number of rotatable bonds is 10. The first-order valence-corrected chi connectivity index (χ1v) is 10.3. The van der Waals surface area contributed by atoms with Crippen molar-refractivity contribution in [1.29, 1.82) is 0 Å². The molecule has 0 aliphatic rings. The highest BCUT2D eigenvalue weighted by atomic mass is 16.5. The minimum absolute atomic E-state index is 0.0482. The fourth-order valence-corrected chi connectivity index (χ4v) is 3.54. The number of hydrogen-bond donors (Lipinski definition) is 1. The fraction of sp³-hybridized carbons (Fsp3) is 0.480. The van der Waals surface area contributed by atoms with Crippen LogP contribution in [-0.4, -0.2) is 24.7 Å². The molecule has 0 radical (unpaired) electrons. The molecule has 0 spiro atoms. The molecule has 0 saturated heterocycles. The minimum atomic E-state index is -0.689. The maximum absolute atomic E-state index is 13.5. The zero-order chi connectivity index (χ0) is 20.6. The first kappa shape index (κ1) is 22.2. The summed E-state index contributed by atoms with van der Waals surface area (Å²) in [6.07, 6.45) is 1.47. The van der Waals surface area contributed by atoms with Gasteiger partial charge in [0, 0.05) is 13.2 Å². The molecule has 0 aliphatic carbocycles. The standard InChI is InChI=1S/C25H35NO2/c1-6-25(21-13-9-7-10-14-21,22-15-11-8-12-16-22)23(27)26-18-17-24(4,5)28-19-20(2)3/h7-16,20H,6,17-19H2,1-5H3,(H,26,27). The predicted octanol–water partition coefficient (Wildman–Crippen LogP) is 5.34. The second kappa shape index (κ2) is 9.88. The molecule has 0 aromatic heterocycles. The maximum atomic E-state index is 13.5. The molecule has 2 rings (SSSR count). The lowest BCUT2D eigenvalue weighted by atomic mass is 9.71. The molecule has 0 atom stereocenters. The molecule has 0 aliphatic heterocycles. The third kappa shape index (κ3) is 5.45. The van der Waals surface area contributed by atoms with Crippen molar-refractivity contribution in [2.45, 2.75) is 58.5 Å². The van der Waals surface area contributed by atoms with Crippen LogP contribution in [0.1, 0.15) is 58.6 Å². The summed E-state index contributed by atoms with van der Waals surface area (Å²) in [5.74, 6) is 0.546. The van der Waals surface area contributed by atoms with Crippen LogP contribution in [0.25, 0.3) is 0 Å². The van der Waals surface area contributed by atoms with Gasteiger partial charge in [0.2, 0.25) is 5.91 Å². The number of carbonyl (C=O) groups is 1.